The molecule has 0 saturated heterocycles. The monoisotopic (exact) mass is 304 g/mol. The van der Waals surface area contributed by atoms with Crippen molar-refractivity contribution in [1.82, 2.24) is 10.3 Å². The molecule has 1 unspecified atom stereocenters. The van der Waals surface area contributed by atoms with Crippen molar-refractivity contribution in [3.05, 3.63) is 52.8 Å². The molecule has 2 heterocycles. The molecule has 1 aliphatic rings. The van der Waals surface area contributed by atoms with Gasteiger partial charge in [-0.3, -0.25) is 9.78 Å². The molecule has 3 rings (SSSR count). The fraction of sp³-hybridized carbons (Fsp3) is 0.200. The summed E-state index contributed by atoms with van der Waals surface area (Å²) in [5, 5.41) is 3.28. The Hall–Kier alpha value is -2.27. The highest BCUT2D eigenvalue weighted by Crippen LogP contribution is 2.39. The first-order valence-corrected chi connectivity index (χ1v) is 6.83. The maximum atomic E-state index is 12.3. The van der Waals surface area contributed by atoms with Gasteiger partial charge in [0.25, 0.3) is 5.91 Å². The van der Waals surface area contributed by atoms with Crippen LogP contribution in [0.5, 0.6) is 11.5 Å². The number of hydrogen-bond donors (Lipinski definition) is 1. The number of carbonyl (C=O) groups excluding carboxylic acids is 1. The van der Waals surface area contributed by atoms with Crippen LogP contribution in [0.3, 0.4) is 0 Å². The van der Waals surface area contributed by atoms with Crippen molar-refractivity contribution in [3.63, 3.8) is 0 Å². The van der Waals surface area contributed by atoms with Gasteiger partial charge in [0.2, 0.25) is 6.79 Å². The van der Waals surface area contributed by atoms with E-state index in [1.807, 2.05) is 19.1 Å². The number of ether oxygens (including phenoxy) is 2. The van der Waals surface area contributed by atoms with Crippen LogP contribution in [-0.4, -0.2) is 17.7 Å². The number of aromatic nitrogens is 1. The number of hydrogen-bond acceptors (Lipinski definition) is 4. The minimum absolute atomic E-state index is 0.119. The van der Waals surface area contributed by atoms with E-state index in [0.29, 0.717) is 22.1 Å². The molecule has 5 nitrogen and oxygen atoms in total. The van der Waals surface area contributed by atoms with Gasteiger partial charge in [-0.1, -0.05) is 11.6 Å². The number of rotatable bonds is 3. The number of halogens is 1. The minimum Gasteiger partial charge on any atom is -0.454 e. The summed E-state index contributed by atoms with van der Waals surface area (Å²) in [6.45, 7) is 2.02. The summed E-state index contributed by atoms with van der Waals surface area (Å²) in [5.41, 5.74) is 1.41. The molecule has 0 bridgehead atoms. The van der Waals surface area contributed by atoms with E-state index in [1.165, 1.54) is 0 Å². The second-order valence-electron chi connectivity index (χ2n) is 4.67. The van der Waals surface area contributed by atoms with Crippen molar-refractivity contribution < 1.29 is 14.3 Å². The number of pyridine rings is 1. The van der Waals surface area contributed by atoms with Crippen LogP contribution < -0.4 is 14.8 Å². The van der Waals surface area contributed by atoms with Gasteiger partial charge in [0.05, 0.1) is 11.1 Å². The first-order valence-electron chi connectivity index (χ1n) is 6.45. The van der Waals surface area contributed by atoms with Gasteiger partial charge >= 0.3 is 0 Å². The molecular formula is C15H13ClN2O3. The van der Waals surface area contributed by atoms with Crippen LogP contribution in [0.15, 0.2) is 36.7 Å². The van der Waals surface area contributed by atoms with E-state index in [-0.39, 0.29) is 18.7 Å². The lowest BCUT2D eigenvalue weighted by atomic mass is 10.1. The van der Waals surface area contributed by atoms with Gasteiger partial charge in [-0.2, -0.15) is 0 Å². The summed E-state index contributed by atoms with van der Waals surface area (Å²) in [6, 6.07) is 6.78. The van der Waals surface area contributed by atoms with E-state index >= 15 is 0 Å². The lowest BCUT2D eigenvalue weighted by Gasteiger charge is -2.14. The molecule has 1 N–H and O–H groups in total. The number of amides is 1. The number of nitrogens with one attached hydrogen (secondary N) is 1. The fourth-order valence-electron chi connectivity index (χ4n) is 2.11. The molecule has 0 aliphatic carbocycles. The molecule has 0 fully saturated rings. The maximum absolute atomic E-state index is 12.3. The van der Waals surface area contributed by atoms with E-state index in [9.17, 15) is 4.79 Å². The lowest BCUT2D eigenvalue weighted by molar-refractivity contribution is 0.0939. The number of nitrogens with zero attached hydrogens (tertiary/aromatic N) is 1. The highest BCUT2D eigenvalue weighted by atomic mass is 35.5. The SMILES string of the molecule is CC(NC(=O)c1cc(Cl)c2c(c1)OCO2)c1ccncc1. The van der Waals surface area contributed by atoms with E-state index in [1.54, 1.807) is 24.5 Å². The zero-order valence-electron chi connectivity index (χ0n) is 11.3. The average molecular weight is 305 g/mol. The minimum atomic E-state index is -0.223. The number of carbonyl (C=O) groups is 1. The fourth-order valence-corrected chi connectivity index (χ4v) is 2.38. The molecule has 1 aliphatic heterocycles. The van der Waals surface area contributed by atoms with Gasteiger partial charge in [-0.15, -0.1) is 0 Å². The van der Waals surface area contributed by atoms with Crippen LogP contribution in [0.2, 0.25) is 5.02 Å². The van der Waals surface area contributed by atoms with Crippen molar-refractivity contribution in [3.8, 4) is 11.5 Å². The smallest absolute Gasteiger partial charge is 0.251 e. The number of fused-ring (bicyclic) bond motifs is 1. The van der Waals surface area contributed by atoms with Gasteiger partial charge in [-0.25, -0.2) is 0 Å². The molecule has 108 valence electrons. The molecule has 0 saturated carbocycles. The highest BCUT2D eigenvalue weighted by Gasteiger charge is 2.21. The predicted molar refractivity (Wildman–Crippen MR) is 77.7 cm³/mol. The van der Waals surface area contributed by atoms with Crippen LogP contribution in [0.1, 0.15) is 28.9 Å². The summed E-state index contributed by atoms with van der Waals surface area (Å²) in [7, 11) is 0. The van der Waals surface area contributed by atoms with E-state index < -0.39 is 0 Å². The summed E-state index contributed by atoms with van der Waals surface area (Å²) in [5.74, 6) is 0.749. The summed E-state index contributed by atoms with van der Waals surface area (Å²) in [6.07, 6.45) is 3.38. The molecule has 6 heteroatoms. The molecular weight excluding hydrogens is 292 g/mol. The molecule has 1 atom stereocenters. The Morgan fingerprint density at radius 1 is 1.33 bits per heavy atom. The molecule has 1 aromatic carbocycles. The van der Waals surface area contributed by atoms with Gasteiger partial charge in [0.15, 0.2) is 11.5 Å². The first kappa shape index (κ1) is 13.7. The van der Waals surface area contributed by atoms with Crippen molar-refractivity contribution in [2.45, 2.75) is 13.0 Å². The second-order valence-corrected chi connectivity index (χ2v) is 5.07. The first-order chi connectivity index (χ1) is 10.1. The molecule has 2 aromatic rings. The standard InChI is InChI=1S/C15H13ClN2O3/c1-9(10-2-4-17-5-3-10)18-15(19)11-6-12(16)14-13(7-11)20-8-21-14/h2-7,9H,8H2,1H3,(H,18,19). The molecule has 21 heavy (non-hydrogen) atoms. The zero-order chi connectivity index (χ0) is 14.8. The maximum Gasteiger partial charge on any atom is 0.251 e. The van der Waals surface area contributed by atoms with Crippen molar-refractivity contribution >= 4 is 17.5 Å². The average Bonchev–Trinajstić information content (AvgIpc) is 2.97. The van der Waals surface area contributed by atoms with Crippen LogP contribution in [0.4, 0.5) is 0 Å². The van der Waals surface area contributed by atoms with E-state index in [4.69, 9.17) is 21.1 Å². The Labute approximate surface area is 126 Å². The Morgan fingerprint density at radius 3 is 2.86 bits per heavy atom. The summed E-state index contributed by atoms with van der Waals surface area (Å²) >= 11 is 6.08. The van der Waals surface area contributed by atoms with Gasteiger partial charge < -0.3 is 14.8 Å². The Bertz CT molecular complexity index is 676. The van der Waals surface area contributed by atoms with Gasteiger partial charge in [-0.05, 0) is 36.8 Å². The van der Waals surface area contributed by atoms with Crippen molar-refractivity contribution in [2.24, 2.45) is 0 Å². The van der Waals surface area contributed by atoms with Gasteiger partial charge in [0.1, 0.15) is 0 Å². The topological polar surface area (TPSA) is 60.5 Å². The van der Waals surface area contributed by atoms with Crippen LogP contribution in [-0.2, 0) is 0 Å². The van der Waals surface area contributed by atoms with E-state index in [2.05, 4.69) is 10.3 Å². The third kappa shape index (κ3) is 2.78. The van der Waals surface area contributed by atoms with E-state index in [0.717, 1.165) is 5.56 Å². The predicted octanol–water partition coefficient (Wildman–Crippen LogP) is 2.95. The quantitative estimate of drug-likeness (QED) is 0.947. The molecule has 0 spiro atoms. The van der Waals surface area contributed by atoms with Crippen molar-refractivity contribution in [2.75, 3.05) is 6.79 Å². The van der Waals surface area contributed by atoms with Gasteiger partial charge in [0, 0.05) is 18.0 Å². The second kappa shape index (κ2) is 5.61. The molecule has 0 radical (unpaired) electrons. The normalized spacial score (nSPS) is 13.8. The Morgan fingerprint density at radius 2 is 2.10 bits per heavy atom. The van der Waals surface area contributed by atoms with Crippen LogP contribution >= 0.6 is 11.6 Å². The molecule has 1 aromatic heterocycles. The Kier molecular flexibility index (Phi) is 3.66. The van der Waals surface area contributed by atoms with Crippen LogP contribution in [0, 0.1) is 0 Å². The third-order valence-corrected chi connectivity index (χ3v) is 3.52. The lowest BCUT2D eigenvalue weighted by Crippen LogP contribution is -2.26. The zero-order valence-corrected chi connectivity index (χ0v) is 12.1. The van der Waals surface area contributed by atoms with Crippen molar-refractivity contribution in [1.29, 1.82) is 0 Å². The highest BCUT2D eigenvalue weighted by molar-refractivity contribution is 6.32. The molecule has 1 amide bonds. The summed E-state index contributed by atoms with van der Waals surface area (Å²) in [4.78, 5) is 16.3. The summed E-state index contributed by atoms with van der Waals surface area (Å²) < 4.78 is 10.5. The third-order valence-electron chi connectivity index (χ3n) is 3.24. The largest absolute Gasteiger partial charge is 0.454 e. The van der Waals surface area contributed by atoms with Crippen LogP contribution in [0.25, 0.3) is 0 Å². The Balaban J connectivity index is 1.78. The number of benzene rings is 1.